The van der Waals surface area contributed by atoms with Crippen molar-refractivity contribution in [3.05, 3.63) is 30.5 Å². The molecule has 0 saturated heterocycles. The molecule has 2 rings (SSSR count). The SMILES string of the molecule is C=C(C#N)c1n[nH]c2cc(OC)ccc12. The van der Waals surface area contributed by atoms with Gasteiger partial charge < -0.3 is 4.74 Å². The van der Waals surface area contributed by atoms with Crippen LogP contribution in [0.15, 0.2) is 24.8 Å². The average Bonchev–Trinajstić information content (AvgIpc) is 2.70. The van der Waals surface area contributed by atoms with Crippen LogP contribution in [0, 0.1) is 11.3 Å². The van der Waals surface area contributed by atoms with Gasteiger partial charge in [-0.05, 0) is 12.1 Å². The van der Waals surface area contributed by atoms with E-state index in [0.29, 0.717) is 11.3 Å². The lowest BCUT2D eigenvalue weighted by atomic mass is 10.1. The number of ether oxygens (including phenoxy) is 1. The van der Waals surface area contributed by atoms with Crippen LogP contribution in [-0.2, 0) is 0 Å². The van der Waals surface area contributed by atoms with Crippen molar-refractivity contribution in [3.8, 4) is 11.8 Å². The van der Waals surface area contributed by atoms with Crippen LogP contribution in [0.1, 0.15) is 5.69 Å². The van der Waals surface area contributed by atoms with Gasteiger partial charge in [0.15, 0.2) is 0 Å². The second kappa shape index (κ2) is 3.46. The molecule has 4 nitrogen and oxygen atoms in total. The van der Waals surface area contributed by atoms with E-state index in [0.717, 1.165) is 16.7 Å². The quantitative estimate of drug-likeness (QED) is 0.753. The van der Waals surface area contributed by atoms with Crippen LogP contribution >= 0.6 is 0 Å². The van der Waals surface area contributed by atoms with E-state index in [1.165, 1.54) is 0 Å². The minimum absolute atomic E-state index is 0.353. The van der Waals surface area contributed by atoms with E-state index >= 15 is 0 Å². The van der Waals surface area contributed by atoms with Gasteiger partial charge in [-0.3, -0.25) is 5.10 Å². The van der Waals surface area contributed by atoms with Gasteiger partial charge in [0.05, 0.1) is 18.2 Å². The summed E-state index contributed by atoms with van der Waals surface area (Å²) in [6.45, 7) is 3.63. The van der Waals surface area contributed by atoms with Gasteiger partial charge in [-0.15, -0.1) is 0 Å². The van der Waals surface area contributed by atoms with Crippen LogP contribution < -0.4 is 4.74 Å². The Kier molecular flexibility index (Phi) is 2.14. The second-order valence-electron chi connectivity index (χ2n) is 3.07. The van der Waals surface area contributed by atoms with Crippen LogP contribution in [0.25, 0.3) is 16.5 Å². The third-order valence-electron chi connectivity index (χ3n) is 2.19. The average molecular weight is 199 g/mol. The highest BCUT2D eigenvalue weighted by Crippen LogP contribution is 2.24. The van der Waals surface area contributed by atoms with Gasteiger partial charge in [-0.1, -0.05) is 6.58 Å². The van der Waals surface area contributed by atoms with E-state index in [4.69, 9.17) is 10.00 Å². The zero-order valence-electron chi connectivity index (χ0n) is 8.24. The van der Waals surface area contributed by atoms with Gasteiger partial charge in [0.25, 0.3) is 0 Å². The Morgan fingerprint density at radius 1 is 1.60 bits per heavy atom. The van der Waals surface area contributed by atoms with Crippen LogP contribution in [0.3, 0.4) is 0 Å². The van der Waals surface area contributed by atoms with Gasteiger partial charge in [0, 0.05) is 11.5 Å². The van der Waals surface area contributed by atoms with E-state index in [9.17, 15) is 0 Å². The second-order valence-corrected chi connectivity index (χ2v) is 3.07. The van der Waals surface area contributed by atoms with Crippen molar-refractivity contribution in [3.63, 3.8) is 0 Å². The number of hydrogen-bond donors (Lipinski definition) is 1. The molecule has 1 aromatic heterocycles. The number of aromatic amines is 1. The lowest BCUT2D eigenvalue weighted by molar-refractivity contribution is 0.415. The number of methoxy groups -OCH3 is 1. The lowest BCUT2D eigenvalue weighted by Crippen LogP contribution is -1.82. The molecule has 2 aromatic rings. The molecular formula is C11H9N3O. The molecule has 0 radical (unpaired) electrons. The predicted molar refractivity (Wildman–Crippen MR) is 57.3 cm³/mol. The van der Waals surface area contributed by atoms with E-state index in [-0.39, 0.29) is 0 Å². The van der Waals surface area contributed by atoms with E-state index in [2.05, 4.69) is 16.8 Å². The fraction of sp³-hybridized carbons (Fsp3) is 0.0909. The predicted octanol–water partition coefficient (Wildman–Crippen LogP) is 2.11. The highest BCUT2D eigenvalue weighted by atomic mass is 16.5. The number of nitrogens with zero attached hydrogens (tertiary/aromatic N) is 2. The van der Waals surface area contributed by atoms with Crippen molar-refractivity contribution in [2.75, 3.05) is 7.11 Å². The number of benzene rings is 1. The summed E-state index contributed by atoms with van der Waals surface area (Å²) in [5, 5.41) is 16.5. The maximum Gasteiger partial charge on any atom is 0.121 e. The van der Waals surface area contributed by atoms with E-state index in [1.54, 1.807) is 7.11 Å². The Bertz CT molecular complexity index is 563. The molecular weight excluding hydrogens is 190 g/mol. The Labute approximate surface area is 86.8 Å². The highest BCUT2D eigenvalue weighted by molar-refractivity contribution is 5.93. The zero-order chi connectivity index (χ0) is 10.8. The summed E-state index contributed by atoms with van der Waals surface area (Å²) < 4.78 is 5.08. The first-order valence-electron chi connectivity index (χ1n) is 4.37. The number of nitrogens with one attached hydrogen (secondary N) is 1. The Balaban J connectivity index is 2.63. The first-order valence-corrected chi connectivity index (χ1v) is 4.37. The molecule has 0 amide bonds. The molecule has 0 atom stereocenters. The number of H-pyrrole nitrogens is 1. The molecule has 1 aromatic carbocycles. The molecule has 1 N–H and O–H groups in total. The number of fused-ring (bicyclic) bond motifs is 1. The molecule has 0 aliphatic rings. The van der Waals surface area contributed by atoms with E-state index < -0.39 is 0 Å². The zero-order valence-corrected chi connectivity index (χ0v) is 8.24. The number of rotatable bonds is 2. The van der Waals surface area contributed by atoms with Gasteiger partial charge >= 0.3 is 0 Å². The van der Waals surface area contributed by atoms with Crippen molar-refractivity contribution < 1.29 is 4.74 Å². The molecule has 74 valence electrons. The first-order chi connectivity index (χ1) is 7.26. The van der Waals surface area contributed by atoms with Gasteiger partial charge in [-0.25, -0.2) is 0 Å². The summed E-state index contributed by atoms with van der Waals surface area (Å²) in [7, 11) is 1.60. The summed E-state index contributed by atoms with van der Waals surface area (Å²) in [6, 6.07) is 7.49. The van der Waals surface area contributed by atoms with Crippen LogP contribution in [0.2, 0.25) is 0 Å². The van der Waals surface area contributed by atoms with Crippen molar-refractivity contribution in [1.82, 2.24) is 10.2 Å². The summed E-state index contributed by atoms with van der Waals surface area (Å²) in [4.78, 5) is 0. The molecule has 0 aliphatic heterocycles. The monoisotopic (exact) mass is 199 g/mol. The minimum atomic E-state index is 0.353. The summed E-state index contributed by atoms with van der Waals surface area (Å²) in [5.74, 6) is 0.750. The number of aromatic nitrogens is 2. The molecule has 0 saturated carbocycles. The van der Waals surface area contributed by atoms with Crippen LogP contribution in [0.5, 0.6) is 5.75 Å². The van der Waals surface area contributed by atoms with Crippen LogP contribution in [-0.4, -0.2) is 17.3 Å². The first kappa shape index (κ1) is 9.28. The molecule has 0 unspecified atom stereocenters. The largest absolute Gasteiger partial charge is 0.497 e. The van der Waals surface area contributed by atoms with Gasteiger partial charge in [0.1, 0.15) is 17.5 Å². The third kappa shape index (κ3) is 1.44. The normalized spacial score (nSPS) is 9.87. The topological polar surface area (TPSA) is 61.7 Å². The van der Waals surface area contributed by atoms with Gasteiger partial charge in [0.2, 0.25) is 0 Å². The van der Waals surface area contributed by atoms with Crippen molar-refractivity contribution in [1.29, 1.82) is 5.26 Å². The Hall–Kier alpha value is -2.28. The van der Waals surface area contributed by atoms with Crippen molar-refractivity contribution in [2.45, 2.75) is 0 Å². The molecule has 0 fully saturated rings. The Morgan fingerprint density at radius 2 is 2.40 bits per heavy atom. The molecule has 1 heterocycles. The standard InChI is InChI=1S/C11H9N3O/c1-7(6-12)11-9-4-3-8(15-2)5-10(9)13-14-11/h3-5H,1H2,2H3,(H,13,14). The summed E-state index contributed by atoms with van der Waals surface area (Å²) in [5.41, 5.74) is 1.78. The van der Waals surface area contributed by atoms with Gasteiger partial charge in [-0.2, -0.15) is 10.4 Å². The minimum Gasteiger partial charge on any atom is -0.497 e. The molecule has 0 aliphatic carbocycles. The maximum absolute atomic E-state index is 8.74. The van der Waals surface area contributed by atoms with Crippen molar-refractivity contribution in [2.24, 2.45) is 0 Å². The van der Waals surface area contributed by atoms with E-state index in [1.807, 2.05) is 24.3 Å². The molecule has 0 spiro atoms. The lowest BCUT2D eigenvalue weighted by Gasteiger charge is -1.98. The fourth-order valence-electron chi connectivity index (χ4n) is 1.41. The number of hydrogen-bond acceptors (Lipinski definition) is 3. The summed E-state index contributed by atoms with van der Waals surface area (Å²) in [6.07, 6.45) is 0. The highest BCUT2D eigenvalue weighted by Gasteiger charge is 2.08. The molecule has 0 bridgehead atoms. The number of nitriles is 1. The molecule has 15 heavy (non-hydrogen) atoms. The number of allylic oxidation sites excluding steroid dienone is 1. The fourth-order valence-corrected chi connectivity index (χ4v) is 1.41. The smallest absolute Gasteiger partial charge is 0.121 e. The third-order valence-corrected chi connectivity index (χ3v) is 2.19. The van der Waals surface area contributed by atoms with Crippen LogP contribution in [0.4, 0.5) is 0 Å². The Morgan fingerprint density at radius 3 is 3.07 bits per heavy atom. The summed E-state index contributed by atoms with van der Waals surface area (Å²) >= 11 is 0. The molecule has 4 heteroatoms. The van der Waals surface area contributed by atoms with Crippen molar-refractivity contribution >= 4 is 16.5 Å². The maximum atomic E-state index is 8.74.